The highest BCUT2D eigenvalue weighted by Crippen LogP contribution is 2.20. The van der Waals surface area contributed by atoms with Gasteiger partial charge in [-0.05, 0) is 31.8 Å². The van der Waals surface area contributed by atoms with E-state index in [1.165, 1.54) is 0 Å². The van der Waals surface area contributed by atoms with E-state index in [1.807, 2.05) is 0 Å². The summed E-state index contributed by atoms with van der Waals surface area (Å²) < 4.78 is 65.7. The lowest BCUT2D eigenvalue weighted by atomic mass is 10.0. The maximum absolute atomic E-state index is 13.5. The van der Waals surface area contributed by atoms with Gasteiger partial charge < -0.3 is 5.32 Å². The topological polar surface area (TPSA) is 58.2 Å². The van der Waals surface area contributed by atoms with Crippen molar-refractivity contribution in [2.45, 2.75) is 17.7 Å². The fourth-order valence-corrected chi connectivity index (χ4v) is 3.41. The lowest BCUT2D eigenvalue weighted by molar-refractivity contribution is 0.375. The number of hydrogen-bond donors (Lipinski definition) is 2. The molecule has 1 heterocycles. The van der Waals surface area contributed by atoms with Crippen LogP contribution in [0.5, 0.6) is 0 Å². The minimum absolute atomic E-state index is 0.0742. The summed E-state index contributed by atoms with van der Waals surface area (Å²) in [6, 6.07) is 0.694. The molecule has 1 aromatic carbocycles. The van der Waals surface area contributed by atoms with E-state index in [9.17, 15) is 21.6 Å². The van der Waals surface area contributed by atoms with Crippen molar-refractivity contribution in [3.63, 3.8) is 0 Å². The molecule has 0 unspecified atom stereocenters. The van der Waals surface area contributed by atoms with E-state index in [4.69, 9.17) is 0 Å². The predicted molar refractivity (Wildman–Crippen MR) is 67.1 cm³/mol. The lowest BCUT2D eigenvalue weighted by Gasteiger charge is -2.22. The van der Waals surface area contributed by atoms with Crippen LogP contribution in [0.15, 0.2) is 17.0 Å². The Morgan fingerprint density at radius 1 is 1.25 bits per heavy atom. The Kier molecular flexibility index (Phi) is 4.66. The molecular formula is C12H15F3N2O2S. The van der Waals surface area contributed by atoms with Crippen LogP contribution in [0.4, 0.5) is 13.2 Å². The Morgan fingerprint density at radius 3 is 2.45 bits per heavy atom. The van der Waals surface area contributed by atoms with Gasteiger partial charge in [-0.3, -0.25) is 0 Å². The Balaban J connectivity index is 2.14. The summed E-state index contributed by atoms with van der Waals surface area (Å²) in [5.74, 6) is -3.95. The summed E-state index contributed by atoms with van der Waals surface area (Å²) in [4.78, 5) is -1.14. The van der Waals surface area contributed by atoms with Gasteiger partial charge in [0.2, 0.25) is 10.0 Å². The fraction of sp³-hybridized carbons (Fsp3) is 0.500. The molecule has 0 radical (unpaired) electrons. The zero-order valence-corrected chi connectivity index (χ0v) is 11.4. The van der Waals surface area contributed by atoms with Crippen LogP contribution in [0.2, 0.25) is 0 Å². The number of rotatable bonds is 4. The Morgan fingerprint density at radius 2 is 1.90 bits per heavy atom. The molecule has 1 aliphatic heterocycles. The summed E-state index contributed by atoms with van der Waals surface area (Å²) in [7, 11) is -4.33. The summed E-state index contributed by atoms with van der Waals surface area (Å²) in [5.41, 5.74) is 0. The molecule has 20 heavy (non-hydrogen) atoms. The molecule has 1 saturated heterocycles. The number of piperidine rings is 1. The third kappa shape index (κ3) is 3.50. The van der Waals surface area contributed by atoms with Gasteiger partial charge in [0.05, 0.1) is 0 Å². The van der Waals surface area contributed by atoms with Crippen molar-refractivity contribution in [3.05, 3.63) is 29.6 Å². The first kappa shape index (κ1) is 15.3. The van der Waals surface area contributed by atoms with Crippen LogP contribution in [-0.4, -0.2) is 28.1 Å². The summed E-state index contributed by atoms with van der Waals surface area (Å²) >= 11 is 0. The smallest absolute Gasteiger partial charge is 0.246 e. The van der Waals surface area contributed by atoms with E-state index < -0.39 is 32.4 Å². The van der Waals surface area contributed by atoms with E-state index in [-0.39, 0.29) is 12.5 Å². The second-order valence-electron chi connectivity index (χ2n) is 4.76. The standard InChI is InChI=1S/C12H15F3N2O2S/c13-9-4-10(14)12(11(15)5-9)20(18,19)17-7-8-2-1-3-16-6-8/h4-5,8,16-17H,1-3,6-7H2/t8-/m0/s1. The second kappa shape index (κ2) is 6.11. The molecule has 0 spiro atoms. The molecule has 0 aromatic heterocycles. The molecule has 1 aliphatic rings. The quantitative estimate of drug-likeness (QED) is 0.883. The molecule has 1 atom stereocenters. The highest BCUT2D eigenvalue weighted by atomic mass is 32.2. The maximum Gasteiger partial charge on any atom is 0.246 e. The van der Waals surface area contributed by atoms with Gasteiger partial charge >= 0.3 is 0 Å². The SMILES string of the molecule is O=S(=O)(NC[C@H]1CCCNC1)c1c(F)cc(F)cc1F. The third-order valence-corrected chi connectivity index (χ3v) is 4.67. The number of halogens is 3. The second-order valence-corrected chi connectivity index (χ2v) is 6.47. The van der Waals surface area contributed by atoms with Gasteiger partial charge in [0, 0.05) is 18.7 Å². The van der Waals surface area contributed by atoms with Crippen molar-refractivity contribution in [3.8, 4) is 0 Å². The maximum atomic E-state index is 13.5. The molecule has 8 heteroatoms. The number of hydrogen-bond acceptors (Lipinski definition) is 3. The van der Waals surface area contributed by atoms with E-state index in [1.54, 1.807) is 0 Å². The van der Waals surface area contributed by atoms with Gasteiger partial charge in [0.15, 0.2) is 4.90 Å². The average molecular weight is 308 g/mol. The zero-order valence-electron chi connectivity index (χ0n) is 10.6. The van der Waals surface area contributed by atoms with Gasteiger partial charge in [-0.15, -0.1) is 0 Å². The molecule has 1 fully saturated rings. The van der Waals surface area contributed by atoms with Crippen LogP contribution in [0.25, 0.3) is 0 Å². The van der Waals surface area contributed by atoms with Gasteiger partial charge in [-0.25, -0.2) is 26.3 Å². The highest BCUT2D eigenvalue weighted by Gasteiger charge is 2.26. The van der Waals surface area contributed by atoms with Crippen molar-refractivity contribution in [1.29, 1.82) is 0 Å². The van der Waals surface area contributed by atoms with Crippen LogP contribution in [0.3, 0.4) is 0 Å². The number of benzene rings is 1. The van der Waals surface area contributed by atoms with E-state index in [0.29, 0.717) is 18.7 Å². The lowest BCUT2D eigenvalue weighted by Crippen LogP contribution is -2.38. The molecular weight excluding hydrogens is 293 g/mol. The van der Waals surface area contributed by atoms with Gasteiger partial charge in [0.1, 0.15) is 17.5 Å². The van der Waals surface area contributed by atoms with Crippen LogP contribution in [-0.2, 0) is 10.0 Å². The van der Waals surface area contributed by atoms with Crippen LogP contribution < -0.4 is 10.0 Å². The van der Waals surface area contributed by atoms with Crippen molar-refractivity contribution >= 4 is 10.0 Å². The first-order valence-corrected chi connectivity index (χ1v) is 7.73. The Labute approximate surface area is 115 Å². The van der Waals surface area contributed by atoms with Crippen molar-refractivity contribution < 1.29 is 21.6 Å². The van der Waals surface area contributed by atoms with Crippen LogP contribution >= 0.6 is 0 Å². The molecule has 0 aliphatic carbocycles. The predicted octanol–water partition coefficient (Wildman–Crippen LogP) is 1.38. The molecule has 1 aromatic rings. The van der Waals surface area contributed by atoms with Gasteiger partial charge in [-0.1, -0.05) is 0 Å². The van der Waals surface area contributed by atoms with E-state index in [2.05, 4.69) is 10.0 Å². The van der Waals surface area contributed by atoms with E-state index in [0.717, 1.165) is 19.4 Å². The largest absolute Gasteiger partial charge is 0.316 e. The van der Waals surface area contributed by atoms with Crippen LogP contribution in [0.1, 0.15) is 12.8 Å². The normalized spacial score (nSPS) is 20.1. The molecule has 2 rings (SSSR count). The first-order valence-electron chi connectivity index (χ1n) is 6.25. The Hall–Kier alpha value is -1.12. The molecule has 0 saturated carbocycles. The highest BCUT2D eigenvalue weighted by molar-refractivity contribution is 7.89. The fourth-order valence-electron chi connectivity index (χ4n) is 2.18. The molecule has 4 nitrogen and oxygen atoms in total. The molecule has 2 N–H and O–H groups in total. The number of sulfonamides is 1. The minimum atomic E-state index is -4.33. The van der Waals surface area contributed by atoms with Gasteiger partial charge in [-0.2, -0.15) is 0 Å². The zero-order chi connectivity index (χ0) is 14.8. The van der Waals surface area contributed by atoms with E-state index >= 15 is 0 Å². The minimum Gasteiger partial charge on any atom is -0.316 e. The summed E-state index contributed by atoms with van der Waals surface area (Å²) in [6.45, 7) is 1.62. The first-order chi connectivity index (χ1) is 9.40. The molecule has 0 bridgehead atoms. The van der Waals surface area contributed by atoms with Crippen molar-refractivity contribution in [1.82, 2.24) is 10.0 Å². The third-order valence-electron chi connectivity index (χ3n) is 3.19. The Bertz CT molecular complexity index is 563. The summed E-state index contributed by atoms with van der Waals surface area (Å²) in [5, 5.41) is 3.11. The summed E-state index contributed by atoms with van der Waals surface area (Å²) in [6.07, 6.45) is 1.76. The molecule has 0 amide bonds. The monoisotopic (exact) mass is 308 g/mol. The van der Waals surface area contributed by atoms with Gasteiger partial charge in [0.25, 0.3) is 0 Å². The van der Waals surface area contributed by atoms with Crippen molar-refractivity contribution in [2.75, 3.05) is 19.6 Å². The molecule has 112 valence electrons. The van der Waals surface area contributed by atoms with Crippen LogP contribution in [0, 0.1) is 23.4 Å². The average Bonchev–Trinajstić information content (AvgIpc) is 2.36. The van der Waals surface area contributed by atoms with Crippen molar-refractivity contribution in [2.24, 2.45) is 5.92 Å². The number of nitrogens with one attached hydrogen (secondary N) is 2.